The topological polar surface area (TPSA) is 87.0 Å². The Labute approximate surface area is 45.9 Å². The molecule has 0 aromatic carbocycles. The lowest BCUT2D eigenvalue weighted by molar-refractivity contribution is 0.373. The molecule has 8 heavy (non-hydrogen) atoms. The van der Waals surface area contributed by atoms with Crippen molar-refractivity contribution in [1.82, 2.24) is 0 Å². The summed E-state index contributed by atoms with van der Waals surface area (Å²) in [7, 11) is -3.98. The molecule has 0 saturated carbocycles. The van der Waals surface area contributed by atoms with Crippen molar-refractivity contribution in [3.63, 3.8) is 0 Å². The maximum atomic E-state index is 9.89. The van der Waals surface area contributed by atoms with Crippen molar-refractivity contribution in [1.29, 1.82) is 0 Å². The third-order valence-corrected chi connectivity index (χ3v) is 1.27. The lowest BCUT2D eigenvalue weighted by atomic mass is 10.8. The van der Waals surface area contributed by atoms with Crippen LogP contribution in [0.1, 0.15) is 0 Å². The third-order valence-electron chi connectivity index (χ3n) is 0.483. The van der Waals surface area contributed by atoms with Crippen LogP contribution in [0.2, 0.25) is 0 Å². The van der Waals surface area contributed by atoms with Crippen LogP contribution in [-0.2, 0) is 4.57 Å². The lowest BCUT2D eigenvalue weighted by Crippen LogP contribution is -1.89. The summed E-state index contributed by atoms with van der Waals surface area (Å²) in [5.41, 5.74) is 0. The fourth-order valence-electron chi connectivity index (χ4n) is 0.171. The van der Waals surface area contributed by atoms with E-state index in [1.54, 1.807) is 0 Å². The fraction of sp³-hybridized carbons (Fsp3) is 1.00. The van der Waals surface area contributed by atoms with Crippen molar-refractivity contribution in [2.75, 3.05) is 12.7 Å². The van der Waals surface area contributed by atoms with E-state index >= 15 is 0 Å². The van der Waals surface area contributed by atoms with Gasteiger partial charge in [-0.1, -0.05) is 5.18 Å². The predicted molar refractivity (Wildman–Crippen MR) is 27.6 cm³/mol. The molecule has 0 fully saturated rings. The summed E-state index contributed by atoms with van der Waals surface area (Å²) in [5, 5.41) is 2.28. The van der Waals surface area contributed by atoms with E-state index in [1.807, 2.05) is 0 Å². The number of nitroso groups, excluding NO2 is 1. The highest BCUT2D eigenvalue weighted by Crippen LogP contribution is 2.33. The molecule has 0 amide bonds. The summed E-state index contributed by atoms with van der Waals surface area (Å²) >= 11 is 0. The van der Waals surface area contributed by atoms with Crippen molar-refractivity contribution in [3.05, 3.63) is 4.91 Å². The molecule has 0 spiro atoms. The molecule has 0 aliphatic rings. The van der Waals surface area contributed by atoms with Gasteiger partial charge in [-0.15, -0.1) is 0 Å². The molecule has 0 aromatic heterocycles. The molecule has 6 heteroatoms. The zero-order valence-corrected chi connectivity index (χ0v) is 4.91. The standard InChI is InChI=1S/C2H6NO4P/c4-3-1-2-8(5,6)7/h1-2H2,(H2,5,6,7). The van der Waals surface area contributed by atoms with Crippen LogP contribution in [0, 0.1) is 4.91 Å². The molecule has 0 bridgehead atoms. The van der Waals surface area contributed by atoms with E-state index in [9.17, 15) is 9.47 Å². The Hall–Kier alpha value is -0.250. The predicted octanol–water partition coefficient (Wildman–Crippen LogP) is -0.0695. The summed E-state index contributed by atoms with van der Waals surface area (Å²) in [6.45, 7) is -0.315. The highest BCUT2D eigenvalue weighted by molar-refractivity contribution is 7.51. The summed E-state index contributed by atoms with van der Waals surface area (Å²) in [6.07, 6.45) is -0.448. The van der Waals surface area contributed by atoms with Crippen LogP contribution >= 0.6 is 7.60 Å². The monoisotopic (exact) mass is 139 g/mol. The summed E-state index contributed by atoms with van der Waals surface area (Å²) < 4.78 is 9.89. The van der Waals surface area contributed by atoms with Gasteiger partial charge in [-0.2, -0.15) is 4.91 Å². The van der Waals surface area contributed by atoms with E-state index in [-0.39, 0.29) is 6.54 Å². The molecular weight excluding hydrogens is 133 g/mol. The summed E-state index contributed by atoms with van der Waals surface area (Å²) in [6, 6.07) is 0. The molecular formula is C2H6NO4P. The molecule has 5 nitrogen and oxygen atoms in total. The highest BCUT2D eigenvalue weighted by atomic mass is 31.2. The van der Waals surface area contributed by atoms with E-state index in [0.29, 0.717) is 0 Å². The molecule has 0 aliphatic heterocycles. The van der Waals surface area contributed by atoms with Crippen LogP contribution in [0.25, 0.3) is 0 Å². The minimum atomic E-state index is -3.98. The maximum absolute atomic E-state index is 9.89. The highest BCUT2D eigenvalue weighted by Gasteiger charge is 2.10. The molecule has 0 heterocycles. The van der Waals surface area contributed by atoms with Gasteiger partial charge in [-0.25, -0.2) is 0 Å². The minimum Gasteiger partial charge on any atom is -0.324 e. The average Bonchev–Trinajstić information content (AvgIpc) is 1.59. The van der Waals surface area contributed by atoms with Crippen LogP contribution in [0.4, 0.5) is 0 Å². The van der Waals surface area contributed by atoms with Crippen LogP contribution < -0.4 is 0 Å². The molecule has 0 unspecified atom stereocenters. The Bertz CT molecular complexity index is 117. The Morgan fingerprint density at radius 2 is 2.00 bits per heavy atom. The van der Waals surface area contributed by atoms with Crippen molar-refractivity contribution in [3.8, 4) is 0 Å². The molecule has 2 N–H and O–H groups in total. The van der Waals surface area contributed by atoms with Crippen LogP contribution in [0.15, 0.2) is 5.18 Å². The van der Waals surface area contributed by atoms with Gasteiger partial charge in [-0.05, 0) is 0 Å². The summed E-state index contributed by atoms with van der Waals surface area (Å²) in [5.74, 6) is 0. The fourth-order valence-corrected chi connectivity index (χ4v) is 0.513. The van der Waals surface area contributed by atoms with Gasteiger partial charge in [0.1, 0.15) is 0 Å². The molecule has 0 rings (SSSR count). The van der Waals surface area contributed by atoms with E-state index < -0.39 is 13.8 Å². The van der Waals surface area contributed by atoms with E-state index in [1.165, 1.54) is 0 Å². The molecule has 48 valence electrons. The number of hydrogen-bond acceptors (Lipinski definition) is 3. The second-order valence-electron chi connectivity index (χ2n) is 1.24. The van der Waals surface area contributed by atoms with Gasteiger partial charge in [0.05, 0.1) is 12.7 Å². The van der Waals surface area contributed by atoms with Gasteiger partial charge in [-0.3, -0.25) is 4.57 Å². The lowest BCUT2D eigenvalue weighted by Gasteiger charge is -1.95. The van der Waals surface area contributed by atoms with Crippen molar-refractivity contribution < 1.29 is 14.4 Å². The van der Waals surface area contributed by atoms with Crippen LogP contribution in [0.5, 0.6) is 0 Å². The molecule has 0 atom stereocenters. The van der Waals surface area contributed by atoms with Crippen molar-refractivity contribution in [2.45, 2.75) is 0 Å². The Morgan fingerprint density at radius 3 is 2.12 bits per heavy atom. The van der Waals surface area contributed by atoms with Gasteiger partial charge in [0.2, 0.25) is 0 Å². The van der Waals surface area contributed by atoms with Crippen molar-refractivity contribution >= 4 is 7.60 Å². The quantitative estimate of drug-likeness (QED) is 0.423. The first kappa shape index (κ1) is 7.75. The summed E-state index contributed by atoms with van der Waals surface area (Å²) in [4.78, 5) is 25.4. The van der Waals surface area contributed by atoms with Gasteiger partial charge >= 0.3 is 7.60 Å². The smallest absolute Gasteiger partial charge is 0.324 e. The van der Waals surface area contributed by atoms with E-state index in [2.05, 4.69) is 5.18 Å². The van der Waals surface area contributed by atoms with Crippen LogP contribution in [0.3, 0.4) is 0 Å². The minimum absolute atomic E-state index is 0.315. The number of hydrogen-bond donors (Lipinski definition) is 2. The van der Waals surface area contributed by atoms with E-state index in [4.69, 9.17) is 9.79 Å². The zero-order chi connectivity index (χ0) is 6.62. The largest absolute Gasteiger partial charge is 0.327 e. The second-order valence-corrected chi connectivity index (χ2v) is 3.02. The van der Waals surface area contributed by atoms with Crippen LogP contribution in [-0.4, -0.2) is 22.5 Å². The maximum Gasteiger partial charge on any atom is 0.327 e. The number of rotatable bonds is 3. The van der Waals surface area contributed by atoms with Gasteiger partial charge in [0, 0.05) is 0 Å². The second kappa shape index (κ2) is 2.91. The average molecular weight is 139 g/mol. The molecule has 0 aromatic rings. The van der Waals surface area contributed by atoms with Gasteiger partial charge in [0.15, 0.2) is 0 Å². The van der Waals surface area contributed by atoms with Gasteiger partial charge in [0.25, 0.3) is 0 Å². The first-order valence-corrected chi connectivity index (χ1v) is 3.70. The number of nitrogens with zero attached hydrogens (tertiary/aromatic N) is 1. The molecule has 0 radical (unpaired) electrons. The third kappa shape index (κ3) is 5.75. The Morgan fingerprint density at radius 1 is 1.50 bits per heavy atom. The first-order chi connectivity index (χ1) is 3.56. The SMILES string of the molecule is O=NCCP(=O)(O)O. The Balaban J connectivity index is 3.40. The Kier molecular flexibility index (Phi) is 2.82. The van der Waals surface area contributed by atoms with Crippen molar-refractivity contribution in [2.24, 2.45) is 5.18 Å². The molecule has 0 aliphatic carbocycles. The van der Waals surface area contributed by atoms with Gasteiger partial charge < -0.3 is 9.79 Å². The molecule has 0 saturated heterocycles. The normalized spacial score (nSPS) is 11.2. The zero-order valence-electron chi connectivity index (χ0n) is 4.02. The van der Waals surface area contributed by atoms with E-state index in [0.717, 1.165) is 0 Å². The first-order valence-electron chi connectivity index (χ1n) is 1.90.